The number of aromatic nitrogens is 5. The maximum absolute atomic E-state index is 10.7. The van der Waals surface area contributed by atoms with Crippen molar-refractivity contribution in [3.63, 3.8) is 0 Å². The zero-order valence-corrected chi connectivity index (χ0v) is 19.3. The van der Waals surface area contributed by atoms with Crippen LogP contribution in [0.3, 0.4) is 0 Å². The van der Waals surface area contributed by atoms with Gasteiger partial charge in [0, 0.05) is 37.3 Å². The topological polar surface area (TPSA) is 80.0 Å². The number of hydrogen-bond acceptors (Lipinski definition) is 6. The van der Waals surface area contributed by atoms with Crippen LogP contribution < -0.4 is 34.5 Å². The fourth-order valence-electron chi connectivity index (χ4n) is 3.78. The predicted octanol–water partition coefficient (Wildman–Crippen LogP) is 0.647. The van der Waals surface area contributed by atoms with Crippen LogP contribution in [0.5, 0.6) is 5.75 Å². The van der Waals surface area contributed by atoms with Gasteiger partial charge in [-0.05, 0) is 38.0 Å². The summed E-state index contributed by atoms with van der Waals surface area (Å²) in [6.45, 7) is 3.96. The Labute approximate surface area is 192 Å². The third kappa shape index (κ3) is 3.70. The second-order valence-corrected chi connectivity index (χ2v) is 7.10. The van der Waals surface area contributed by atoms with Crippen molar-refractivity contribution >= 4 is 27.8 Å². The number of anilines is 1. The van der Waals surface area contributed by atoms with E-state index in [1.54, 1.807) is 10.9 Å². The van der Waals surface area contributed by atoms with E-state index < -0.39 is 0 Å². The molecule has 29 heavy (non-hydrogen) atoms. The van der Waals surface area contributed by atoms with Crippen LogP contribution in [0.2, 0.25) is 0 Å². The van der Waals surface area contributed by atoms with Crippen LogP contribution >= 0.6 is 0 Å². The van der Waals surface area contributed by atoms with Crippen LogP contribution in [0.25, 0.3) is 33.3 Å². The van der Waals surface area contributed by atoms with E-state index >= 15 is 0 Å². The summed E-state index contributed by atoms with van der Waals surface area (Å²) in [5.41, 5.74) is 3.66. The zero-order chi connectivity index (χ0) is 18.5. The van der Waals surface area contributed by atoms with Gasteiger partial charge >= 0.3 is 29.6 Å². The van der Waals surface area contributed by atoms with E-state index in [1.807, 2.05) is 38.4 Å². The van der Waals surface area contributed by atoms with E-state index in [9.17, 15) is 5.11 Å². The number of rotatable bonds is 2. The number of benzene rings is 1. The van der Waals surface area contributed by atoms with Gasteiger partial charge in [0.15, 0.2) is 5.82 Å². The van der Waals surface area contributed by atoms with Crippen molar-refractivity contribution < 1.29 is 34.7 Å². The Morgan fingerprint density at radius 2 is 1.83 bits per heavy atom. The summed E-state index contributed by atoms with van der Waals surface area (Å²) < 4.78 is 1.74. The molecule has 4 aromatic rings. The molecule has 0 amide bonds. The molecule has 0 atom stereocenters. The van der Waals surface area contributed by atoms with E-state index in [1.165, 1.54) is 12.8 Å². The van der Waals surface area contributed by atoms with Crippen molar-refractivity contribution in [3.8, 4) is 17.1 Å². The third-order valence-corrected chi connectivity index (χ3v) is 5.22. The maximum Gasteiger partial charge on any atom is 1.00 e. The summed E-state index contributed by atoms with van der Waals surface area (Å²) in [7, 11) is 1.87. The van der Waals surface area contributed by atoms with Crippen LogP contribution in [0, 0.1) is 14.4 Å². The third-order valence-electron chi connectivity index (χ3n) is 5.22. The summed E-state index contributed by atoms with van der Waals surface area (Å²) in [4.78, 5) is 16.1. The Kier molecular flexibility index (Phi) is 6.12. The molecule has 1 aromatic carbocycles. The van der Waals surface area contributed by atoms with Gasteiger partial charge in [-0.25, -0.2) is 15.0 Å². The van der Waals surface area contributed by atoms with Gasteiger partial charge in [0.25, 0.3) is 0 Å². The van der Waals surface area contributed by atoms with E-state index in [0.717, 1.165) is 46.4 Å². The molecule has 0 radical (unpaired) electrons. The molecule has 7 nitrogen and oxygen atoms in total. The zero-order valence-electron chi connectivity index (χ0n) is 17.3. The molecule has 1 fully saturated rings. The van der Waals surface area contributed by atoms with Gasteiger partial charge in [-0.2, -0.15) is 5.10 Å². The Morgan fingerprint density at radius 3 is 2.59 bits per heavy atom. The molecule has 0 unspecified atom stereocenters. The molecule has 0 spiro atoms. The van der Waals surface area contributed by atoms with Gasteiger partial charge in [0.05, 0.1) is 22.8 Å². The number of phenols is 1. The molecule has 0 aliphatic carbocycles. The van der Waals surface area contributed by atoms with E-state index in [-0.39, 0.29) is 42.7 Å². The van der Waals surface area contributed by atoms with Crippen molar-refractivity contribution in [2.45, 2.75) is 19.8 Å². The van der Waals surface area contributed by atoms with Crippen molar-refractivity contribution in [1.82, 2.24) is 24.7 Å². The van der Waals surface area contributed by atoms with Crippen molar-refractivity contribution in [3.05, 3.63) is 43.6 Å². The first-order valence-corrected chi connectivity index (χ1v) is 9.15. The number of phenolic OH excluding ortho intramolecular Hbond substituents is 1. The Hall–Kier alpha value is -2.22. The minimum absolute atomic E-state index is 0. The quantitative estimate of drug-likeness (QED) is 0.395. The van der Waals surface area contributed by atoms with Crippen LogP contribution in [-0.2, 0) is 7.05 Å². The average Bonchev–Trinajstić information content (AvgIpc) is 3.33. The summed E-state index contributed by atoms with van der Waals surface area (Å²) in [6, 6.07) is 5.88. The molecule has 5 rings (SSSR count). The molecule has 1 aliphatic heterocycles. The molecule has 144 valence electrons. The number of nitrogens with zero attached hydrogens (tertiary/aromatic N) is 6. The average molecular weight is 398 g/mol. The first-order chi connectivity index (χ1) is 13.1. The molecular formula is C21H23N6NaO. The smallest absolute Gasteiger partial charge is 0.507 e. The van der Waals surface area contributed by atoms with Crippen LogP contribution in [0.4, 0.5) is 5.82 Å². The minimum Gasteiger partial charge on any atom is -0.507 e. The Bertz CT molecular complexity index is 1180. The number of pyridine rings is 1. The van der Waals surface area contributed by atoms with Crippen LogP contribution in [0.15, 0.2) is 30.6 Å². The molecule has 1 saturated heterocycles. The number of hydrogen-bond donors (Lipinski definition) is 1. The van der Waals surface area contributed by atoms with E-state index in [2.05, 4.69) is 20.0 Å². The van der Waals surface area contributed by atoms with Crippen molar-refractivity contribution in [2.24, 2.45) is 7.05 Å². The summed E-state index contributed by atoms with van der Waals surface area (Å²) >= 11 is 0. The van der Waals surface area contributed by atoms with Crippen molar-refractivity contribution in [2.75, 3.05) is 18.0 Å². The van der Waals surface area contributed by atoms with Crippen molar-refractivity contribution in [1.29, 1.82) is 0 Å². The molecule has 8 heteroatoms. The van der Waals surface area contributed by atoms with Gasteiger partial charge < -0.3 is 17.4 Å². The normalized spacial score (nSPS) is 13.5. The summed E-state index contributed by atoms with van der Waals surface area (Å²) in [6.07, 6.45) is 6.09. The SMILES string of the molecule is Cc1c(O)c(-c2ncc3nc(N4CCCC4)ccc3n2)cc2cn(C)nc12.[CH3-].[Na+]. The second kappa shape index (κ2) is 8.26. The van der Waals surface area contributed by atoms with Crippen LogP contribution in [-0.4, -0.2) is 42.9 Å². The fraction of sp³-hybridized carbons (Fsp3) is 0.286. The van der Waals surface area contributed by atoms with Gasteiger partial charge in [0.1, 0.15) is 17.1 Å². The minimum atomic E-state index is 0. The maximum atomic E-state index is 10.7. The molecule has 0 bridgehead atoms. The number of aryl methyl sites for hydroxylation is 2. The van der Waals surface area contributed by atoms with Crippen LogP contribution in [0.1, 0.15) is 18.4 Å². The summed E-state index contributed by atoms with van der Waals surface area (Å²) in [5.74, 6) is 1.64. The predicted molar refractivity (Wildman–Crippen MR) is 111 cm³/mol. The Morgan fingerprint density at radius 1 is 1.07 bits per heavy atom. The molecular weight excluding hydrogens is 375 g/mol. The first kappa shape index (κ1) is 21.5. The van der Waals surface area contributed by atoms with Gasteiger partial charge in [-0.1, -0.05) is 0 Å². The van der Waals surface area contributed by atoms with Gasteiger partial charge in [-0.15, -0.1) is 0 Å². The Balaban J connectivity index is 0.00000120. The first-order valence-electron chi connectivity index (χ1n) is 9.15. The molecule has 1 N–H and O–H groups in total. The van der Waals surface area contributed by atoms with Gasteiger partial charge in [0.2, 0.25) is 0 Å². The van der Waals surface area contributed by atoms with Gasteiger partial charge in [-0.3, -0.25) is 4.68 Å². The standard InChI is InChI=1S/C20H20N6O.CH3.Na/c1-12-18-13(11-25(2)24-18)9-14(19(12)27)20-21-10-16-15(23-20)5-6-17(22-16)26-7-3-4-8-26;;/h5-6,9-11,27H,3-4,7-8H2,1-2H3;1H3;/q;-1;+1. The molecule has 4 heterocycles. The molecule has 3 aromatic heterocycles. The number of aromatic hydroxyl groups is 1. The second-order valence-electron chi connectivity index (χ2n) is 7.10. The monoisotopic (exact) mass is 398 g/mol. The number of fused-ring (bicyclic) bond motifs is 2. The largest absolute Gasteiger partial charge is 1.00 e. The fourth-order valence-corrected chi connectivity index (χ4v) is 3.78. The summed E-state index contributed by atoms with van der Waals surface area (Å²) in [5, 5.41) is 16.0. The van der Waals surface area contributed by atoms with E-state index in [0.29, 0.717) is 11.4 Å². The molecule has 0 saturated carbocycles. The molecule has 1 aliphatic rings. The van der Waals surface area contributed by atoms with E-state index in [4.69, 9.17) is 4.98 Å².